The van der Waals surface area contributed by atoms with Crippen molar-refractivity contribution in [1.29, 1.82) is 0 Å². The normalized spacial score (nSPS) is 11.6. The molecule has 168 valence electrons. The van der Waals surface area contributed by atoms with Crippen molar-refractivity contribution in [2.45, 2.75) is 31.6 Å². The molecule has 0 bridgehead atoms. The van der Waals surface area contributed by atoms with Gasteiger partial charge in [-0.2, -0.15) is 0 Å². The van der Waals surface area contributed by atoms with Crippen molar-refractivity contribution in [2.24, 2.45) is 0 Å². The maximum Gasteiger partial charge on any atom is 0.251 e. The van der Waals surface area contributed by atoms with Crippen LogP contribution in [0.2, 0.25) is 0 Å². The number of ether oxygens (including phenoxy) is 1. The van der Waals surface area contributed by atoms with Crippen molar-refractivity contribution in [3.63, 3.8) is 0 Å². The molecule has 0 radical (unpaired) electrons. The Labute approximate surface area is 194 Å². The highest BCUT2D eigenvalue weighted by Crippen LogP contribution is 2.22. The summed E-state index contributed by atoms with van der Waals surface area (Å²) < 4.78 is 6.95. The number of carbonyl (C=O) groups excluding carboxylic acids is 2. The Morgan fingerprint density at radius 2 is 2.06 bits per heavy atom. The molecule has 0 aliphatic carbocycles. The highest BCUT2D eigenvalue weighted by molar-refractivity contribution is 7.99. The summed E-state index contributed by atoms with van der Waals surface area (Å²) >= 11 is 2.64. The molecule has 11 heteroatoms. The average molecular weight is 473 g/mol. The van der Waals surface area contributed by atoms with E-state index in [0.717, 1.165) is 5.69 Å². The van der Waals surface area contributed by atoms with Crippen molar-refractivity contribution in [2.75, 3.05) is 18.2 Å². The maximum atomic E-state index is 12.6. The Bertz CT molecular complexity index is 1090. The number of hydrogen-bond acceptors (Lipinski definition) is 8. The number of carbonyl (C=O) groups is 2. The lowest BCUT2D eigenvalue weighted by atomic mass is 10.2. The standard InChI is InChI=1S/C21H24N6O3S2/c1-5-10-27-18(14(3)23-19(29)15-6-8-16(30-4)9-7-15)25-26-21(27)32-12-17(28)24-20-22-13(2)11-31-20/h5-9,11,14H,1,10,12H2,2-4H3,(H,23,29)(H,22,24,28). The molecule has 0 aliphatic heterocycles. The third-order valence-electron chi connectivity index (χ3n) is 4.34. The molecule has 3 aromatic rings. The zero-order valence-electron chi connectivity index (χ0n) is 18.0. The van der Waals surface area contributed by atoms with Gasteiger partial charge in [-0.1, -0.05) is 17.8 Å². The van der Waals surface area contributed by atoms with E-state index in [-0.39, 0.29) is 17.6 Å². The summed E-state index contributed by atoms with van der Waals surface area (Å²) in [5, 5.41) is 17.2. The molecule has 0 fully saturated rings. The van der Waals surface area contributed by atoms with Crippen LogP contribution in [0.15, 0.2) is 47.5 Å². The molecule has 2 heterocycles. The summed E-state index contributed by atoms with van der Waals surface area (Å²) in [7, 11) is 1.57. The van der Waals surface area contributed by atoms with Gasteiger partial charge in [-0.3, -0.25) is 9.59 Å². The highest BCUT2D eigenvalue weighted by Gasteiger charge is 2.20. The van der Waals surface area contributed by atoms with Gasteiger partial charge in [0.25, 0.3) is 5.91 Å². The number of rotatable bonds is 10. The van der Waals surface area contributed by atoms with Gasteiger partial charge in [-0.25, -0.2) is 4.98 Å². The van der Waals surface area contributed by atoms with Gasteiger partial charge < -0.3 is 19.9 Å². The lowest BCUT2D eigenvalue weighted by molar-refractivity contribution is -0.113. The van der Waals surface area contributed by atoms with Gasteiger partial charge in [0.05, 0.1) is 24.6 Å². The molecule has 1 aromatic carbocycles. The second-order valence-corrected chi connectivity index (χ2v) is 8.60. The summed E-state index contributed by atoms with van der Waals surface area (Å²) in [4.78, 5) is 29.1. The van der Waals surface area contributed by atoms with Crippen molar-refractivity contribution >= 4 is 40.0 Å². The summed E-state index contributed by atoms with van der Waals surface area (Å²) in [5.41, 5.74) is 1.37. The highest BCUT2D eigenvalue weighted by atomic mass is 32.2. The molecule has 32 heavy (non-hydrogen) atoms. The molecule has 2 aromatic heterocycles. The van der Waals surface area contributed by atoms with Crippen LogP contribution in [0.4, 0.5) is 5.13 Å². The summed E-state index contributed by atoms with van der Waals surface area (Å²) in [6.45, 7) is 7.93. The molecule has 1 unspecified atom stereocenters. The van der Waals surface area contributed by atoms with E-state index >= 15 is 0 Å². The second-order valence-electron chi connectivity index (χ2n) is 6.79. The maximum absolute atomic E-state index is 12.6. The van der Waals surface area contributed by atoms with Crippen LogP contribution < -0.4 is 15.4 Å². The number of thioether (sulfide) groups is 1. The molecule has 2 amide bonds. The van der Waals surface area contributed by atoms with Crippen molar-refractivity contribution in [3.8, 4) is 5.75 Å². The van der Waals surface area contributed by atoms with E-state index < -0.39 is 6.04 Å². The number of amides is 2. The average Bonchev–Trinajstić information content (AvgIpc) is 3.38. The SMILES string of the molecule is C=CCn1c(SCC(=O)Nc2nc(C)cs2)nnc1C(C)NC(=O)c1ccc(OC)cc1. The van der Waals surface area contributed by atoms with Crippen molar-refractivity contribution in [3.05, 3.63) is 59.4 Å². The number of methoxy groups -OCH3 is 1. The Balaban J connectivity index is 1.65. The zero-order valence-corrected chi connectivity index (χ0v) is 19.6. The number of nitrogens with zero attached hydrogens (tertiary/aromatic N) is 4. The van der Waals surface area contributed by atoms with Crippen LogP contribution >= 0.6 is 23.1 Å². The fraction of sp³-hybridized carbons (Fsp3) is 0.286. The molecule has 0 spiro atoms. The number of aryl methyl sites for hydroxylation is 1. The number of nitrogens with one attached hydrogen (secondary N) is 2. The van der Waals surface area contributed by atoms with E-state index in [4.69, 9.17) is 4.74 Å². The van der Waals surface area contributed by atoms with Crippen LogP contribution in [-0.2, 0) is 11.3 Å². The van der Waals surface area contributed by atoms with E-state index in [1.807, 2.05) is 23.8 Å². The number of benzene rings is 1. The van der Waals surface area contributed by atoms with E-state index in [1.165, 1.54) is 23.1 Å². The van der Waals surface area contributed by atoms with Crippen LogP contribution in [0.3, 0.4) is 0 Å². The molecule has 0 saturated carbocycles. The van der Waals surface area contributed by atoms with Gasteiger partial charge in [-0.15, -0.1) is 28.1 Å². The van der Waals surface area contributed by atoms with Crippen LogP contribution in [0.5, 0.6) is 5.75 Å². The molecule has 0 aliphatic rings. The number of aromatic nitrogens is 4. The van der Waals surface area contributed by atoms with Crippen LogP contribution in [0.25, 0.3) is 0 Å². The minimum Gasteiger partial charge on any atom is -0.497 e. The fourth-order valence-corrected chi connectivity index (χ4v) is 4.27. The van der Waals surface area contributed by atoms with E-state index in [9.17, 15) is 9.59 Å². The predicted molar refractivity (Wildman–Crippen MR) is 125 cm³/mol. The fourth-order valence-electron chi connectivity index (χ4n) is 2.81. The van der Waals surface area contributed by atoms with Gasteiger partial charge in [0, 0.05) is 17.5 Å². The van der Waals surface area contributed by atoms with Crippen LogP contribution in [0, 0.1) is 6.92 Å². The first-order valence-corrected chi connectivity index (χ1v) is 11.6. The van der Waals surface area contributed by atoms with Gasteiger partial charge in [0.15, 0.2) is 16.1 Å². The van der Waals surface area contributed by atoms with Crippen molar-refractivity contribution in [1.82, 2.24) is 25.1 Å². The third kappa shape index (κ3) is 5.95. The third-order valence-corrected chi connectivity index (χ3v) is 6.18. The smallest absolute Gasteiger partial charge is 0.251 e. The molecule has 0 saturated heterocycles. The van der Waals surface area contributed by atoms with Crippen molar-refractivity contribution < 1.29 is 14.3 Å². The number of thiazole rings is 1. The van der Waals surface area contributed by atoms with Gasteiger partial charge in [0.2, 0.25) is 5.91 Å². The molecule has 2 N–H and O–H groups in total. The van der Waals surface area contributed by atoms with Crippen LogP contribution in [0.1, 0.15) is 34.8 Å². The first-order chi connectivity index (χ1) is 15.4. The lowest BCUT2D eigenvalue weighted by Gasteiger charge is -2.15. The van der Waals surface area contributed by atoms with Gasteiger partial charge in [-0.05, 0) is 38.1 Å². The zero-order chi connectivity index (χ0) is 23.1. The molecular weight excluding hydrogens is 448 g/mol. The first kappa shape index (κ1) is 23.5. The van der Waals surface area contributed by atoms with Gasteiger partial charge in [0.1, 0.15) is 5.75 Å². The number of hydrogen-bond donors (Lipinski definition) is 2. The molecular formula is C21H24N6O3S2. The minimum absolute atomic E-state index is 0.153. The topological polar surface area (TPSA) is 111 Å². The summed E-state index contributed by atoms with van der Waals surface area (Å²) in [6, 6.07) is 6.44. The Hall–Kier alpha value is -3.18. The first-order valence-electron chi connectivity index (χ1n) is 9.75. The summed E-state index contributed by atoms with van der Waals surface area (Å²) in [5.74, 6) is 0.988. The minimum atomic E-state index is -0.404. The molecule has 3 rings (SSSR count). The number of anilines is 1. The Kier molecular flexibility index (Phi) is 8.01. The van der Waals surface area contributed by atoms with E-state index in [0.29, 0.717) is 34.0 Å². The molecule has 9 nitrogen and oxygen atoms in total. The van der Waals surface area contributed by atoms with Crippen LogP contribution in [-0.4, -0.2) is 44.4 Å². The Morgan fingerprint density at radius 1 is 1.31 bits per heavy atom. The lowest BCUT2D eigenvalue weighted by Crippen LogP contribution is -2.28. The summed E-state index contributed by atoms with van der Waals surface area (Å²) in [6.07, 6.45) is 1.72. The predicted octanol–water partition coefficient (Wildman–Crippen LogP) is 3.46. The quantitative estimate of drug-likeness (QED) is 0.343. The molecule has 1 atom stereocenters. The number of allylic oxidation sites excluding steroid dienone is 1. The monoisotopic (exact) mass is 472 g/mol. The second kappa shape index (κ2) is 10.9. The van der Waals surface area contributed by atoms with E-state index in [1.54, 1.807) is 37.5 Å². The Morgan fingerprint density at radius 3 is 2.69 bits per heavy atom. The largest absolute Gasteiger partial charge is 0.497 e. The van der Waals surface area contributed by atoms with Gasteiger partial charge >= 0.3 is 0 Å². The van der Waals surface area contributed by atoms with E-state index in [2.05, 4.69) is 32.4 Å².